The molecule has 0 saturated carbocycles. The highest BCUT2D eigenvalue weighted by molar-refractivity contribution is 5.40. The maximum atomic E-state index is 14.1. The number of halogens is 3. The molecule has 0 fully saturated rings. The highest BCUT2D eigenvalue weighted by Gasteiger charge is 2.34. The minimum Gasteiger partial charge on any atom is -0.497 e. The summed E-state index contributed by atoms with van der Waals surface area (Å²) in [5.74, 6) is 0.718. The monoisotopic (exact) mass is 312 g/mol. The molecule has 0 spiro atoms. The van der Waals surface area contributed by atoms with Gasteiger partial charge in [-0.05, 0) is 55.0 Å². The summed E-state index contributed by atoms with van der Waals surface area (Å²) in [6.45, 7) is 0.631. The van der Waals surface area contributed by atoms with Gasteiger partial charge in [0.1, 0.15) is 17.2 Å². The van der Waals surface area contributed by atoms with Crippen molar-refractivity contribution >= 4 is 0 Å². The predicted octanol–water partition coefficient (Wildman–Crippen LogP) is 4.44. The number of ether oxygens (including phenoxy) is 3. The molecule has 0 amide bonds. The normalized spacial score (nSPS) is 11.1. The van der Waals surface area contributed by atoms with Crippen molar-refractivity contribution in [1.82, 2.24) is 0 Å². The molecule has 0 saturated heterocycles. The molecule has 0 heterocycles. The van der Waals surface area contributed by atoms with Gasteiger partial charge in [-0.1, -0.05) is 0 Å². The Balaban J connectivity index is 2.18. The second-order valence-corrected chi connectivity index (χ2v) is 4.53. The van der Waals surface area contributed by atoms with E-state index in [1.165, 1.54) is 49.6 Å². The Morgan fingerprint density at radius 2 is 1.64 bits per heavy atom. The van der Waals surface area contributed by atoms with E-state index in [1.54, 1.807) is 6.92 Å². The Morgan fingerprint density at radius 3 is 2.18 bits per heavy atom. The molecule has 0 radical (unpaired) electrons. The van der Waals surface area contributed by atoms with Crippen LogP contribution in [-0.4, -0.2) is 14.0 Å². The van der Waals surface area contributed by atoms with Crippen LogP contribution in [0.15, 0.2) is 42.5 Å². The molecule has 3 nitrogen and oxygen atoms in total. The minimum atomic E-state index is -3.50. The number of hydrogen-bond donors (Lipinski definition) is 0. The smallest absolute Gasteiger partial charge is 0.426 e. The van der Waals surface area contributed by atoms with Crippen molar-refractivity contribution in [3.05, 3.63) is 53.6 Å². The first-order valence-electron chi connectivity index (χ1n) is 6.47. The first-order chi connectivity index (χ1) is 10.5. The molecule has 0 aromatic heterocycles. The molecule has 6 heteroatoms. The molecule has 0 atom stereocenters. The largest absolute Gasteiger partial charge is 0.497 e. The van der Waals surface area contributed by atoms with Crippen LogP contribution in [0.1, 0.15) is 11.1 Å². The lowest BCUT2D eigenvalue weighted by Gasteiger charge is -2.19. The van der Waals surface area contributed by atoms with Crippen LogP contribution in [-0.2, 0) is 6.11 Å². The molecule has 0 aliphatic rings. The lowest BCUT2D eigenvalue weighted by Crippen LogP contribution is -2.21. The van der Waals surface area contributed by atoms with E-state index in [9.17, 15) is 13.2 Å². The van der Waals surface area contributed by atoms with Crippen molar-refractivity contribution in [2.24, 2.45) is 0 Å². The zero-order chi connectivity index (χ0) is 16.2. The van der Waals surface area contributed by atoms with Gasteiger partial charge in [0.25, 0.3) is 0 Å². The minimum absolute atomic E-state index is 0.0375. The third-order valence-electron chi connectivity index (χ3n) is 3.03. The average Bonchev–Trinajstić information content (AvgIpc) is 2.50. The summed E-state index contributed by atoms with van der Waals surface area (Å²) in [4.78, 5) is 0. The predicted molar refractivity (Wildman–Crippen MR) is 75.3 cm³/mol. The van der Waals surface area contributed by atoms with Crippen molar-refractivity contribution in [2.45, 2.75) is 13.0 Å². The van der Waals surface area contributed by atoms with Crippen LogP contribution in [0, 0.1) is 6.92 Å². The van der Waals surface area contributed by atoms with Gasteiger partial charge in [0.05, 0.1) is 12.7 Å². The maximum absolute atomic E-state index is 14.1. The van der Waals surface area contributed by atoms with Crippen LogP contribution in [0.4, 0.5) is 13.2 Å². The number of methoxy groups -OCH3 is 1. The van der Waals surface area contributed by atoms with Crippen molar-refractivity contribution < 1.29 is 27.4 Å². The number of hydrogen-bond acceptors (Lipinski definition) is 3. The number of alkyl halides is 3. The van der Waals surface area contributed by atoms with E-state index < -0.39 is 13.0 Å². The van der Waals surface area contributed by atoms with Crippen LogP contribution < -0.4 is 14.2 Å². The lowest BCUT2D eigenvalue weighted by molar-refractivity contribution is -0.185. The molecular formula is C16H15F3O3. The number of benzene rings is 2. The van der Waals surface area contributed by atoms with Crippen LogP contribution in [0.25, 0.3) is 0 Å². The van der Waals surface area contributed by atoms with Gasteiger partial charge in [0, 0.05) is 0 Å². The molecule has 2 aromatic rings. The summed E-state index contributed by atoms with van der Waals surface area (Å²) in [5.41, 5.74) is 0.204. The fraction of sp³-hybridized carbons (Fsp3) is 0.250. The number of rotatable bonds is 6. The Morgan fingerprint density at radius 1 is 1.00 bits per heavy atom. The zero-order valence-corrected chi connectivity index (χ0v) is 12.1. The molecular weight excluding hydrogens is 297 g/mol. The van der Waals surface area contributed by atoms with E-state index in [0.29, 0.717) is 11.3 Å². The van der Waals surface area contributed by atoms with Gasteiger partial charge < -0.3 is 14.2 Å². The summed E-state index contributed by atoms with van der Waals surface area (Å²) in [5, 5.41) is 0. The molecule has 2 aromatic carbocycles. The van der Waals surface area contributed by atoms with Gasteiger partial charge in [-0.2, -0.15) is 8.78 Å². The van der Waals surface area contributed by atoms with Crippen LogP contribution in [0.5, 0.6) is 17.2 Å². The van der Waals surface area contributed by atoms with Crippen molar-refractivity contribution in [3.8, 4) is 17.2 Å². The van der Waals surface area contributed by atoms with Crippen LogP contribution in [0.3, 0.4) is 0 Å². The van der Waals surface area contributed by atoms with Gasteiger partial charge >= 0.3 is 6.11 Å². The summed E-state index contributed by atoms with van der Waals surface area (Å²) in [7, 11) is 1.45. The fourth-order valence-electron chi connectivity index (χ4n) is 1.90. The first-order valence-corrected chi connectivity index (χ1v) is 6.47. The van der Waals surface area contributed by atoms with Crippen LogP contribution >= 0.6 is 0 Å². The zero-order valence-electron chi connectivity index (χ0n) is 12.1. The third kappa shape index (κ3) is 3.63. The standard InChI is InChI=1S/C16H15F3O3/c1-11-9-14(7-8-15(11)21-10-17)22-16(18,19)12-3-5-13(20-2)6-4-12/h3-9H,10H2,1-2H3. The average molecular weight is 312 g/mol. The van der Waals surface area contributed by atoms with Gasteiger partial charge in [-0.3, -0.25) is 0 Å². The second kappa shape index (κ2) is 6.60. The molecule has 0 aliphatic carbocycles. The third-order valence-corrected chi connectivity index (χ3v) is 3.03. The Labute approximate surface area is 126 Å². The molecule has 22 heavy (non-hydrogen) atoms. The van der Waals surface area contributed by atoms with Crippen molar-refractivity contribution in [2.75, 3.05) is 14.0 Å². The van der Waals surface area contributed by atoms with Crippen molar-refractivity contribution in [3.63, 3.8) is 0 Å². The van der Waals surface area contributed by atoms with E-state index in [1.807, 2.05) is 0 Å². The first kappa shape index (κ1) is 16.0. The van der Waals surface area contributed by atoms with E-state index in [4.69, 9.17) is 14.2 Å². The van der Waals surface area contributed by atoms with Gasteiger partial charge in [0.2, 0.25) is 6.86 Å². The Kier molecular flexibility index (Phi) is 4.80. The van der Waals surface area contributed by atoms with Crippen LogP contribution in [0.2, 0.25) is 0 Å². The second-order valence-electron chi connectivity index (χ2n) is 4.53. The van der Waals surface area contributed by atoms with E-state index in [0.717, 1.165) is 0 Å². The molecule has 0 aliphatic heterocycles. The topological polar surface area (TPSA) is 27.7 Å². The van der Waals surface area contributed by atoms with Crippen molar-refractivity contribution in [1.29, 1.82) is 0 Å². The van der Waals surface area contributed by atoms with Gasteiger partial charge in [0.15, 0.2) is 0 Å². The lowest BCUT2D eigenvalue weighted by atomic mass is 10.2. The van der Waals surface area contributed by atoms with Gasteiger partial charge in [-0.25, -0.2) is 4.39 Å². The van der Waals surface area contributed by atoms with E-state index in [2.05, 4.69) is 0 Å². The highest BCUT2D eigenvalue weighted by atomic mass is 19.3. The summed E-state index contributed by atoms with van der Waals surface area (Å²) >= 11 is 0. The fourth-order valence-corrected chi connectivity index (χ4v) is 1.90. The Hall–Kier alpha value is -2.37. The quantitative estimate of drug-likeness (QED) is 0.789. The number of aryl methyl sites for hydroxylation is 1. The van der Waals surface area contributed by atoms with E-state index >= 15 is 0 Å². The summed E-state index contributed by atoms with van der Waals surface area (Å²) in [6, 6.07) is 9.36. The highest BCUT2D eigenvalue weighted by Crippen LogP contribution is 2.34. The van der Waals surface area contributed by atoms with Gasteiger partial charge in [-0.15, -0.1) is 0 Å². The van der Waals surface area contributed by atoms with E-state index in [-0.39, 0.29) is 17.1 Å². The SMILES string of the molecule is COc1ccc(C(F)(F)Oc2ccc(OCF)c(C)c2)cc1. The summed E-state index contributed by atoms with van der Waals surface area (Å²) in [6.07, 6.45) is -3.50. The molecule has 118 valence electrons. The molecule has 2 rings (SSSR count). The molecule has 0 bridgehead atoms. The summed E-state index contributed by atoms with van der Waals surface area (Å²) < 4.78 is 54.7. The molecule has 0 N–H and O–H groups in total. The maximum Gasteiger partial charge on any atom is 0.426 e. The Bertz CT molecular complexity index is 627. The molecule has 0 unspecified atom stereocenters.